The second-order valence-corrected chi connectivity index (χ2v) is 10.4. The highest BCUT2D eigenvalue weighted by atomic mass is 19.4. The number of H-pyrrole nitrogens is 1. The molecule has 1 saturated heterocycles. The molecular weight excluding hydrogens is 504 g/mol. The molecule has 2 fully saturated rings. The van der Waals surface area contributed by atoms with Crippen molar-refractivity contribution >= 4 is 11.0 Å². The van der Waals surface area contributed by atoms with E-state index in [1.165, 1.54) is 12.5 Å². The van der Waals surface area contributed by atoms with Crippen molar-refractivity contribution in [1.29, 1.82) is 0 Å². The number of ether oxygens (including phenoxy) is 1. The molecule has 0 spiro atoms. The number of benzene rings is 1. The van der Waals surface area contributed by atoms with Crippen LogP contribution >= 0.6 is 0 Å². The van der Waals surface area contributed by atoms with Crippen LogP contribution in [0.4, 0.5) is 26.3 Å². The number of nitrogens with zero attached hydrogens (tertiary/aromatic N) is 1. The fraction of sp³-hybridized carbons (Fsp3) is 0.640. The smallest absolute Gasteiger partial charge is 0.418 e. The van der Waals surface area contributed by atoms with E-state index in [-0.39, 0.29) is 54.3 Å². The van der Waals surface area contributed by atoms with E-state index in [0.29, 0.717) is 0 Å². The molecular formula is C25H33F6N3O3. The third-order valence-corrected chi connectivity index (χ3v) is 6.81. The van der Waals surface area contributed by atoms with Crippen molar-refractivity contribution in [2.75, 3.05) is 6.61 Å². The number of aliphatic hydroxyl groups is 2. The number of hydrogen-bond donors (Lipinski definition) is 4. The molecule has 3 atom stereocenters. The van der Waals surface area contributed by atoms with Gasteiger partial charge in [-0.2, -0.15) is 26.3 Å². The molecule has 1 aromatic heterocycles. The Labute approximate surface area is 211 Å². The monoisotopic (exact) mass is 537 g/mol. The van der Waals surface area contributed by atoms with E-state index >= 15 is 0 Å². The molecule has 208 valence electrons. The number of nitrogens with one attached hydrogen (secondary N) is 2. The van der Waals surface area contributed by atoms with Crippen molar-refractivity contribution in [1.82, 2.24) is 15.3 Å². The first-order chi connectivity index (χ1) is 17.0. The molecule has 4 N–H and O–H groups in total. The average Bonchev–Trinajstić information content (AvgIpc) is 3.21. The maximum Gasteiger partial charge on any atom is 0.418 e. The Bertz CT molecular complexity index is 1080. The topological polar surface area (TPSA) is 90.4 Å². The fourth-order valence-electron chi connectivity index (χ4n) is 4.68. The highest BCUT2D eigenvalue weighted by molar-refractivity contribution is 5.80. The minimum absolute atomic E-state index is 0.0295. The van der Waals surface area contributed by atoms with Gasteiger partial charge in [-0.15, -0.1) is 0 Å². The molecule has 1 aliphatic carbocycles. The number of piperidine rings is 1. The second-order valence-electron chi connectivity index (χ2n) is 10.4. The number of alkyl halides is 6. The first-order valence-corrected chi connectivity index (χ1v) is 12.1. The summed E-state index contributed by atoms with van der Waals surface area (Å²) in [6, 6.07) is 1.57. The lowest BCUT2D eigenvalue weighted by molar-refractivity contribution is -0.136. The molecule has 12 heteroatoms. The highest BCUT2D eigenvalue weighted by Gasteiger charge is 2.40. The van der Waals surface area contributed by atoms with E-state index < -0.39 is 41.6 Å². The first kappa shape index (κ1) is 29.2. The molecule has 2 unspecified atom stereocenters. The van der Waals surface area contributed by atoms with Gasteiger partial charge in [0.1, 0.15) is 17.9 Å². The molecule has 2 aromatic rings. The van der Waals surface area contributed by atoms with Crippen LogP contribution in [0.3, 0.4) is 0 Å². The summed E-state index contributed by atoms with van der Waals surface area (Å²) in [7, 11) is 0. The maximum atomic E-state index is 13.3. The SMILES string of the molecule is C=C(CC[C@]1(O)CC(C)NC(COc2cc(C(F)(F)F)c3nc[nH]c3c2)C1)C(F)(F)F.CC1(O)CCC1. The number of imidazole rings is 1. The van der Waals surface area contributed by atoms with E-state index in [4.69, 9.17) is 9.84 Å². The third-order valence-electron chi connectivity index (χ3n) is 6.81. The standard InChI is InChI=1S/C20H23F6N3O2.C5H10O/c1-11(19(21,22)23)3-4-18(30)7-12(2)29-13(8-18)9-31-14-5-15(20(24,25)26)17-16(6-14)27-10-28-17;1-5(6)3-2-4-5/h5-6,10,12-13,29-30H,1,3-4,7-9H2,2H3,(H,27,28);6H,2-4H2,1H3/t12?,13?,18-;/m0./s1. The Morgan fingerprint density at radius 1 is 1.16 bits per heavy atom. The summed E-state index contributed by atoms with van der Waals surface area (Å²) in [5.41, 5.74) is -3.54. The van der Waals surface area contributed by atoms with E-state index in [1.807, 2.05) is 6.92 Å². The molecule has 4 rings (SSSR count). The van der Waals surface area contributed by atoms with Crippen LogP contribution < -0.4 is 10.1 Å². The van der Waals surface area contributed by atoms with Gasteiger partial charge in [-0.05, 0) is 64.9 Å². The highest BCUT2D eigenvalue weighted by Crippen LogP contribution is 2.37. The average molecular weight is 538 g/mol. The van der Waals surface area contributed by atoms with Gasteiger partial charge in [-0.25, -0.2) is 4.98 Å². The van der Waals surface area contributed by atoms with Crippen molar-refractivity contribution < 1.29 is 41.3 Å². The van der Waals surface area contributed by atoms with E-state index in [9.17, 15) is 31.4 Å². The number of fused-ring (bicyclic) bond motifs is 1. The van der Waals surface area contributed by atoms with Gasteiger partial charge in [-0.3, -0.25) is 0 Å². The van der Waals surface area contributed by atoms with Crippen LogP contribution in [0, 0.1) is 0 Å². The maximum absolute atomic E-state index is 13.3. The lowest BCUT2D eigenvalue weighted by Gasteiger charge is -2.41. The number of halogens is 6. The quantitative estimate of drug-likeness (QED) is 0.282. The van der Waals surface area contributed by atoms with Crippen molar-refractivity contribution in [3.8, 4) is 5.75 Å². The largest absolute Gasteiger partial charge is 0.492 e. The molecule has 2 heterocycles. The second kappa shape index (κ2) is 10.8. The van der Waals surface area contributed by atoms with Gasteiger partial charge in [0.15, 0.2) is 0 Å². The molecule has 2 aliphatic rings. The van der Waals surface area contributed by atoms with Crippen molar-refractivity contribution in [3.05, 3.63) is 36.2 Å². The Hall–Kier alpha value is -2.31. The lowest BCUT2D eigenvalue weighted by atomic mass is 9.80. The van der Waals surface area contributed by atoms with Gasteiger partial charge in [0.2, 0.25) is 0 Å². The van der Waals surface area contributed by atoms with Crippen LogP contribution in [0.1, 0.15) is 64.4 Å². The molecule has 0 bridgehead atoms. The van der Waals surface area contributed by atoms with Crippen molar-refractivity contribution in [2.45, 2.75) is 94.4 Å². The van der Waals surface area contributed by atoms with Crippen LogP contribution in [-0.2, 0) is 6.18 Å². The van der Waals surface area contributed by atoms with Crippen molar-refractivity contribution in [2.24, 2.45) is 0 Å². The van der Waals surface area contributed by atoms with E-state index in [0.717, 1.165) is 25.2 Å². The number of allylic oxidation sites excluding steroid dienone is 1. The molecule has 0 amide bonds. The Morgan fingerprint density at radius 3 is 2.35 bits per heavy atom. The summed E-state index contributed by atoms with van der Waals surface area (Å²) < 4.78 is 83.6. The normalized spacial score (nSPS) is 25.7. The van der Waals surface area contributed by atoms with Gasteiger partial charge in [0, 0.05) is 23.7 Å². The summed E-state index contributed by atoms with van der Waals surface area (Å²) >= 11 is 0. The van der Waals surface area contributed by atoms with Crippen molar-refractivity contribution in [3.63, 3.8) is 0 Å². The fourth-order valence-corrected chi connectivity index (χ4v) is 4.68. The summed E-state index contributed by atoms with van der Waals surface area (Å²) in [6.45, 7) is 6.62. The Morgan fingerprint density at radius 2 is 1.81 bits per heavy atom. The number of rotatable bonds is 6. The van der Waals surface area contributed by atoms with E-state index in [2.05, 4.69) is 21.9 Å². The zero-order valence-corrected chi connectivity index (χ0v) is 20.8. The summed E-state index contributed by atoms with van der Waals surface area (Å²) in [4.78, 5) is 6.32. The minimum Gasteiger partial charge on any atom is -0.492 e. The van der Waals surface area contributed by atoms with Gasteiger partial charge in [-0.1, -0.05) is 6.58 Å². The molecule has 1 saturated carbocycles. The van der Waals surface area contributed by atoms with E-state index in [1.54, 1.807) is 6.92 Å². The molecule has 37 heavy (non-hydrogen) atoms. The van der Waals surface area contributed by atoms with Crippen LogP contribution in [0.5, 0.6) is 5.75 Å². The number of aromatic amines is 1. The summed E-state index contributed by atoms with van der Waals surface area (Å²) in [5.74, 6) is -0.0295. The predicted molar refractivity (Wildman–Crippen MR) is 126 cm³/mol. The number of hydrogen-bond acceptors (Lipinski definition) is 5. The van der Waals surface area contributed by atoms with Gasteiger partial charge in [0.05, 0.1) is 28.6 Å². The van der Waals surface area contributed by atoms with Crippen LogP contribution in [0.2, 0.25) is 0 Å². The summed E-state index contributed by atoms with van der Waals surface area (Å²) in [5, 5.41) is 22.9. The predicted octanol–water partition coefficient (Wildman–Crippen LogP) is 5.65. The molecule has 1 aromatic carbocycles. The lowest BCUT2D eigenvalue weighted by Crippen LogP contribution is -2.54. The summed E-state index contributed by atoms with van der Waals surface area (Å²) in [6.07, 6.45) is -4.92. The van der Waals surface area contributed by atoms with Crippen LogP contribution in [0.25, 0.3) is 11.0 Å². The number of aromatic nitrogens is 2. The minimum atomic E-state index is -4.62. The van der Waals surface area contributed by atoms with Gasteiger partial charge < -0.3 is 25.3 Å². The van der Waals surface area contributed by atoms with Crippen LogP contribution in [-0.4, -0.2) is 56.2 Å². The molecule has 6 nitrogen and oxygen atoms in total. The Balaban J connectivity index is 0.000000555. The first-order valence-electron chi connectivity index (χ1n) is 12.1. The molecule has 1 aliphatic heterocycles. The van der Waals surface area contributed by atoms with Gasteiger partial charge >= 0.3 is 12.4 Å². The zero-order chi connectivity index (χ0) is 27.6. The zero-order valence-electron chi connectivity index (χ0n) is 20.8. The third kappa shape index (κ3) is 8.08. The molecule has 0 radical (unpaired) electrons. The van der Waals surface area contributed by atoms with Crippen LogP contribution in [0.15, 0.2) is 30.6 Å². The Kier molecular flexibility index (Phi) is 8.55. The van der Waals surface area contributed by atoms with Gasteiger partial charge in [0.25, 0.3) is 0 Å².